The molecule has 1 aromatic heterocycles. The van der Waals surface area contributed by atoms with Gasteiger partial charge in [-0.1, -0.05) is 41.4 Å². The average molecular weight is 415 g/mol. The summed E-state index contributed by atoms with van der Waals surface area (Å²) in [5.41, 5.74) is 5.20. The summed E-state index contributed by atoms with van der Waals surface area (Å²) in [6, 6.07) is 12.0. The molecule has 0 aliphatic heterocycles. The van der Waals surface area contributed by atoms with Crippen molar-refractivity contribution >= 4 is 28.8 Å². The maximum absolute atomic E-state index is 12.0. The Kier molecular flexibility index (Phi) is 6.70. The quantitative estimate of drug-likeness (QED) is 0.583. The van der Waals surface area contributed by atoms with Crippen LogP contribution in [0.3, 0.4) is 0 Å². The fourth-order valence-electron chi connectivity index (χ4n) is 2.77. The van der Waals surface area contributed by atoms with E-state index in [0.717, 1.165) is 32.4 Å². The lowest BCUT2D eigenvalue weighted by Gasteiger charge is -2.10. The van der Waals surface area contributed by atoms with Crippen molar-refractivity contribution in [2.45, 2.75) is 27.2 Å². The first kappa shape index (κ1) is 20.4. The highest BCUT2D eigenvalue weighted by Gasteiger charge is 2.08. The molecule has 146 valence electrons. The molecule has 3 aromatic rings. The number of nitrogens with one attached hydrogen (secondary N) is 1. The molecule has 3 rings (SSSR count). The van der Waals surface area contributed by atoms with E-state index in [-0.39, 0.29) is 12.5 Å². The van der Waals surface area contributed by atoms with Crippen molar-refractivity contribution in [2.75, 3.05) is 13.2 Å². The highest BCUT2D eigenvalue weighted by molar-refractivity contribution is 7.13. The van der Waals surface area contributed by atoms with E-state index in [9.17, 15) is 4.79 Å². The van der Waals surface area contributed by atoms with Crippen LogP contribution in [-0.2, 0) is 11.2 Å². The molecule has 1 heterocycles. The van der Waals surface area contributed by atoms with E-state index in [4.69, 9.17) is 16.3 Å². The fraction of sp³-hybridized carbons (Fsp3) is 0.273. The van der Waals surface area contributed by atoms with Gasteiger partial charge in [0, 0.05) is 28.9 Å². The van der Waals surface area contributed by atoms with Crippen molar-refractivity contribution in [3.05, 3.63) is 69.2 Å². The predicted molar refractivity (Wildman–Crippen MR) is 115 cm³/mol. The number of benzene rings is 2. The Morgan fingerprint density at radius 3 is 2.50 bits per heavy atom. The van der Waals surface area contributed by atoms with Gasteiger partial charge in [0.05, 0.1) is 5.69 Å². The first-order valence-corrected chi connectivity index (χ1v) is 10.4. The van der Waals surface area contributed by atoms with Gasteiger partial charge in [0.25, 0.3) is 5.91 Å². The highest BCUT2D eigenvalue weighted by atomic mass is 35.5. The molecule has 0 spiro atoms. The minimum Gasteiger partial charge on any atom is -0.484 e. The van der Waals surface area contributed by atoms with Crippen LogP contribution in [0.4, 0.5) is 0 Å². The summed E-state index contributed by atoms with van der Waals surface area (Å²) in [5, 5.41) is 6.64. The third kappa shape index (κ3) is 5.33. The molecule has 2 aromatic carbocycles. The number of aryl methyl sites for hydroxylation is 3. The van der Waals surface area contributed by atoms with E-state index in [0.29, 0.717) is 18.7 Å². The topological polar surface area (TPSA) is 51.2 Å². The summed E-state index contributed by atoms with van der Waals surface area (Å²) < 4.78 is 5.57. The van der Waals surface area contributed by atoms with Gasteiger partial charge in [0.2, 0.25) is 0 Å². The number of hydrogen-bond acceptors (Lipinski definition) is 4. The van der Waals surface area contributed by atoms with Crippen molar-refractivity contribution in [3.8, 4) is 16.3 Å². The van der Waals surface area contributed by atoms with Gasteiger partial charge in [0.15, 0.2) is 6.61 Å². The molecule has 1 N–H and O–H groups in total. The third-order valence-corrected chi connectivity index (χ3v) is 5.87. The van der Waals surface area contributed by atoms with E-state index in [2.05, 4.69) is 41.5 Å². The Morgan fingerprint density at radius 1 is 1.14 bits per heavy atom. The van der Waals surface area contributed by atoms with Gasteiger partial charge in [-0.15, -0.1) is 11.3 Å². The van der Waals surface area contributed by atoms with Crippen molar-refractivity contribution in [3.63, 3.8) is 0 Å². The van der Waals surface area contributed by atoms with Crippen molar-refractivity contribution in [1.82, 2.24) is 10.3 Å². The molecule has 0 unspecified atom stereocenters. The predicted octanol–water partition coefficient (Wildman–Crippen LogP) is 5.13. The monoisotopic (exact) mass is 414 g/mol. The molecule has 0 atom stereocenters. The van der Waals surface area contributed by atoms with Gasteiger partial charge < -0.3 is 10.1 Å². The lowest BCUT2D eigenvalue weighted by molar-refractivity contribution is -0.123. The molecule has 0 bridgehead atoms. The van der Waals surface area contributed by atoms with Crippen LogP contribution in [0.25, 0.3) is 10.6 Å². The van der Waals surface area contributed by atoms with Crippen LogP contribution in [0.5, 0.6) is 5.75 Å². The van der Waals surface area contributed by atoms with Gasteiger partial charge in [0.1, 0.15) is 10.8 Å². The normalized spacial score (nSPS) is 10.7. The van der Waals surface area contributed by atoms with Crippen LogP contribution in [0.2, 0.25) is 5.02 Å². The van der Waals surface area contributed by atoms with Crippen molar-refractivity contribution < 1.29 is 9.53 Å². The Hall–Kier alpha value is -2.37. The number of hydrogen-bond donors (Lipinski definition) is 1. The molecular formula is C22H23ClN2O2S. The number of halogens is 1. The van der Waals surface area contributed by atoms with Gasteiger partial charge >= 0.3 is 0 Å². The maximum Gasteiger partial charge on any atom is 0.257 e. The number of aromatic nitrogens is 1. The Labute approximate surface area is 174 Å². The van der Waals surface area contributed by atoms with Crippen LogP contribution in [0, 0.1) is 20.8 Å². The van der Waals surface area contributed by atoms with Crippen LogP contribution in [0.15, 0.2) is 41.8 Å². The van der Waals surface area contributed by atoms with E-state index < -0.39 is 0 Å². The molecule has 1 amide bonds. The lowest BCUT2D eigenvalue weighted by Crippen LogP contribution is -2.30. The minimum absolute atomic E-state index is 0.0216. The molecular weight excluding hydrogens is 392 g/mol. The minimum atomic E-state index is -0.153. The van der Waals surface area contributed by atoms with Gasteiger partial charge in [-0.2, -0.15) is 0 Å². The smallest absolute Gasteiger partial charge is 0.257 e. The summed E-state index contributed by atoms with van der Waals surface area (Å²) in [7, 11) is 0. The Bertz CT molecular complexity index is 944. The Balaban J connectivity index is 1.45. The molecule has 4 nitrogen and oxygen atoms in total. The SMILES string of the molecule is Cc1ccc(-c2nc(CCNC(=O)COc3cc(C)c(Cl)c(C)c3)cs2)cc1. The summed E-state index contributed by atoms with van der Waals surface area (Å²) in [4.78, 5) is 16.7. The average Bonchev–Trinajstić information content (AvgIpc) is 3.14. The molecule has 28 heavy (non-hydrogen) atoms. The summed E-state index contributed by atoms with van der Waals surface area (Å²) in [5.74, 6) is 0.496. The molecule has 0 saturated heterocycles. The maximum atomic E-state index is 12.0. The van der Waals surface area contributed by atoms with Crippen LogP contribution in [0.1, 0.15) is 22.4 Å². The third-order valence-electron chi connectivity index (χ3n) is 4.33. The fourth-order valence-corrected chi connectivity index (χ4v) is 3.74. The number of amides is 1. The zero-order valence-corrected chi connectivity index (χ0v) is 17.8. The molecule has 0 aliphatic carbocycles. The molecule has 6 heteroatoms. The number of carbonyl (C=O) groups is 1. The van der Waals surface area contributed by atoms with E-state index >= 15 is 0 Å². The number of nitrogens with zero attached hydrogens (tertiary/aromatic N) is 1. The molecule has 0 saturated carbocycles. The van der Waals surface area contributed by atoms with Gasteiger partial charge in [-0.05, 0) is 44.0 Å². The van der Waals surface area contributed by atoms with E-state index in [1.54, 1.807) is 11.3 Å². The second-order valence-corrected chi connectivity index (χ2v) is 8.01. The van der Waals surface area contributed by atoms with E-state index in [1.807, 2.05) is 31.4 Å². The summed E-state index contributed by atoms with van der Waals surface area (Å²) in [6.07, 6.45) is 0.688. The first-order chi connectivity index (χ1) is 13.4. The lowest BCUT2D eigenvalue weighted by atomic mass is 10.1. The molecule has 0 radical (unpaired) electrons. The number of thiazole rings is 1. The van der Waals surface area contributed by atoms with Crippen LogP contribution < -0.4 is 10.1 Å². The highest BCUT2D eigenvalue weighted by Crippen LogP contribution is 2.26. The summed E-state index contributed by atoms with van der Waals surface area (Å²) in [6.45, 7) is 6.41. The zero-order chi connectivity index (χ0) is 20.1. The zero-order valence-electron chi connectivity index (χ0n) is 16.2. The van der Waals surface area contributed by atoms with Crippen LogP contribution in [-0.4, -0.2) is 24.0 Å². The van der Waals surface area contributed by atoms with Crippen molar-refractivity contribution in [2.24, 2.45) is 0 Å². The second-order valence-electron chi connectivity index (χ2n) is 6.77. The second kappa shape index (κ2) is 9.22. The van der Waals surface area contributed by atoms with Gasteiger partial charge in [-0.25, -0.2) is 4.98 Å². The number of ether oxygens (including phenoxy) is 1. The molecule has 0 aliphatic rings. The van der Waals surface area contributed by atoms with Gasteiger partial charge in [-0.3, -0.25) is 4.79 Å². The van der Waals surface area contributed by atoms with Crippen LogP contribution >= 0.6 is 22.9 Å². The first-order valence-electron chi connectivity index (χ1n) is 9.10. The van der Waals surface area contributed by atoms with Crippen molar-refractivity contribution in [1.29, 1.82) is 0 Å². The molecule has 0 fully saturated rings. The van der Waals surface area contributed by atoms with E-state index in [1.165, 1.54) is 5.56 Å². The summed E-state index contributed by atoms with van der Waals surface area (Å²) >= 11 is 7.77. The largest absolute Gasteiger partial charge is 0.484 e. The Morgan fingerprint density at radius 2 is 1.82 bits per heavy atom. The number of rotatable bonds is 7. The number of carbonyl (C=O) groups excluding carboxylic acids is 1. The standard InChI is InChI=1S/C22H23ClN2O2S/c1-14-4-6-17(7-5-14)22-25-18(13-28-22)8-9-24-20(26)12-27-19-10-15(2)21(23)16(3)11-19/h4-7,10-11,13H,8-9,12H2,1-3H3,(H,24,26).